The van der Waals surface area contributed by atoms with Crippen molar-refractivity contribution in [1.29, 1.82) is 0 Å². The van der Waals surface area contributed by atoms with Gasteiger partial charge in [-0.05, 0) is 87.9 Å². The number of esters is 4. The number of rotatable bonds is 14. The van der Waals surface area contributed by atoms with Gasteiger partial charge in [-0.2, -0.15) is 0 Å². The Kier molecular flexibility index (Phi) is 13.6. The average molecular weight is 945 g/mol. The third kappa shape index (κ3) is 8.76. The summed E-state index contributed by atoms with van der Waals surface area (Å²) in [6.07, 6.45) is -5.01. The van der Waals surface area contributed by atoms with E-state index in [9.17, 15) is 24.3 Å². The van der Waals surface area contributed by atoms with Crippen LogP contribution in [0.25, 0.3) is 0 Å². The first-order valence-electron chi connectivity index (χ1n) is 23.7. The van der Waals surface area contributed by atoms with E-state index < -0.39 is 120 Å². The molecule has 3 saturated carbocycles. The molecular formula is C51H68N2O13Si. The van der Waals surface area contributed by atoms with E-state index in [1.807, 2.05) is 47.6 Å². The molecule has 364 valence electrons. The van der Waals surface area contributed by atoms with E-state index in [0.29, 0.717) is 35.7 Å². The van der Waals surface area contributed by atoms with Gasteiger partial charge in [0.2, 0.25) is 0 Å². The van der Waals surface area contributed by atoms with Crippen molar-refractivity contribution in [3.8, 4) is 0 Å². The minimum atomic E-state index is -2.70. The predicted octanol–water partition coefficient (Wildman–Crippen LogP) is 7.28. The highest BCUT2D eigenvalue weighted by atomic mass is 28.4. The van der Waals surface area contributed by atoms with Crippen molar-refractivity contribution in [2.45, 2.75) is 161 Å². The minimum Gasteiger partial charge on any atom is -0.455 e. The second-order valence-electron chi connectivity index (χ2n) is 20.9. The molecule has 4 aliphatic carbocycles. The van der Waals surface area contributed by atoms with E-state index in [4.69, 9.17) is 28.1 Å². The molecule has 4 fully saturated rings. The fourth-order valence-corrected chi connectivity index (χ4v) is 14.7. The number of benzene rings is 2. The molecule has 1 aliphatic heterocycles. The first-order valence-corrected chi connectivity index (χ1v) is 26.2. The van der Waals surface area contributed by atoms with Gasteiger partial charge in [-0.1, -0.05) is 83.1 Å². The van der Waals surface area contributed by atoms with E-state index in [1.165, 1.54) is 13.8 Å². The first kappa shape index (κ1) is 50.0. The quantitative estimate of drug-likeness (QED) is 0.0970. The van der Waals surface area contributed by atoms with E-state index in [0.717, 1.165) is 0 Å². The molecule has 7 rings (SSSR count). The number of Topliss-reactive ketones (excluding diaryl/α,β-unsaturated/α-hetero) is 1. The van der Waals surface area contributed by atoms with Crippen molar-refractivity contribution in [3.63, 3.8) is 0 Å². The molecule has 2 aromatic carbocycles. The Hall–Kier alpha value is -4.90. The van der Waals surface area contributed by atoms with E-state index in [1.54, 1.807) is 75.4 Å². The third-order valence-electron chi connectivity index (χ3n) is 15.7. The Morgan fingerprint density at radius 1 is 0.910 bits per heavy atom. The number of fused-ring (bicyclic) bond motifs is 4. The topological polar surface area (TPSA) is 202 Å². The summed E-state index contributed by atoms with van der Waals surface area (Å²) in [5.41, 5.74) is -6.12. The SMILES string of the molecule is CC[Si](CC)(CC)O[C@@H](C(=O)OC1=C(C)C2[C@@H](OC(C)=O)C(=O)[C@]34C[C@H]3C[C@H]3OC[C@@]3(OC(C)=O)[C@H]4[C@H](OC(=O)c3ccccc3)[C@](O)(C1)C2(C)C)[C@@H](NC(=O)NC(C)(C)C)c1ccccc1. The van der Waals surface area contributed by atoms with Crippen molar-refractivity contribution in [1.82, 2.24) is 10.6 Å². The Morgan fingerprint density at radius 3 is 2.06 bits per heavy atom. The zero-order valence-corrected chi connectivity index (χ0v) is 41.7. The number of hydrogen-bond acceptors (Lipinski definition) is 13. The van der Waals surface area contributed by atoms with Crippen LogP contribution in [-0.4, -0.2) is 96.9 Å². The van der Waals surface area contributed by atoms with Crippen LogP contribution in [-0.2, 0) is 47.3 Å². The van der Waals surface area contributed by atoms with Gasteiger partial charge >= 0.3 is 29.9 Å². The third-order valence-corrected chi connectivity index (χ3v) is 20.3. The minimum absolute atomic E-state index is 0.0547. The van der Waals surface area contributed by atoms with Gasteiger partial charge in [0, 0.05) is 42.6 Å². The van der Waals surface area contributed by atoms with E-state index in [2.05, 4.69) is 10.6 Å². The predicted molar refractivity (Wildman–Crippen MR) is 247 cm³/mol. The number of nitrogens with one attached hydrogen (secondary N) is 2. The van der Waals surface area contributed by atoms with Crippen LogP contribution < -0.4 is 10.6 Å². The zero-order valence-electron chi connectivity index (χ0n) is 40.7. The van der Waals surface area contributed by atoms with E-state index in [-0.39, 0.29) is 30.3 Å². The molecule has 16 heteroatoms. The van der Waals surface area contributed by atoms with Crippen LogP contribution in [0.15, 0.2) is 72.0 Å². The maximum atomic E-state index is 15.7. The maximum Gasteiger partial charge on any atom is 0.341 e. The second-order valence-corrected chi connectivity index (χ2v) is 25.7. The molecule has 1 saturated heterocycles. The van der Waals surface area contributed by atoms with Gasteiger partial charge in [-0.3, -0.25) is 14.4 Å². The summed E-state index contributed by atoms with van der Waals surface area (Å²) in [4.78, 5) is 85.7. The summed E-state index contributed by atoms with van der Waals surface area (Å²) >= 11 is 0. The van der Waals surface area contributed by atoms with Crippen LogP contribution in [0.4, 0.5) is 4.79 Å². The van der Waals surface area contributed by atoms with Crippen molar-refractivity contribution in [3.05, 3.63) is 83.1 Å². The summed E-state index contributed by atoms with van der Waals surface area (Å²) in [7, 11) is -2.70. The molecule has 1 unspecified atom stereocenters. The molecule has 0 aromatic heterocycles. The summed E-state index contributed by atoms with van der Waals surface area (Å²) in [5, 5.41) is 19.9. The van der Waals surface area contributed by atoms with Crippen molar-refractivity contribution >= 4 is 44.0 Å². The highest BCUT2D eigenvalue weighted by Gasteiger charge is 2.84. The standard InChI is InChI=1S/C51H68N2O13Si/c1-12-67(13-2,14-3)66-40(38(32-21-17-15-18-22-32)52-46(59)53-47(7,8)9)45(58)63-35-27-51(60)43(64-44(57)33-23-19-16-20-24-33)41-49(26-34(49)25-36-50(41,28-61-36)65-31(6)55)42(56)39(62-30(5)54)37(29(35)4)48(51,10)11/h15-24,34,36-41,43,60H,12-14,25-28H2,1-11H3,(H2,52,53,59)/t34-,36-,37?,38+,39-,40-,41+,43+,49-,50+,51-/m1/s1. The summed E-state index contributed by atoms with van der Waals surface area (Å²) < 4.78 is 38.7. The molecule has 3 N–H and O–H groups in total. The lowest BCUT2D eigenvalue weighted by Crippen LogP contribution is -2.78. The monoisotopic (exact) mass is 944 g/mol. The molecule has 11 atom stereocenters. The molecule has 5 aliphatic rings. The number of hydrogen-bond donors (Lipinski definition) is 3. The maximum absolute atomic E-state index is 15.7. The highest BCUT2D eigenvalue weighted by molar-refractivity contribution is 6.73. The lowest BCUT2D eigenvalue weighted by Gasteiger charge is -2.64. The van der Waals surface area contributed by atoms with Crippen molar-refractivity contribution < 1.29 is 62.0 Å². The van der Waals surface area contributed by atoms with Crippen LogP contribution in [0.2, 0.25) is 18.1 Å². The van der Waals surface area contributed by atoms with Crippen LogP contribution in [0.1, 0.15) is 117 Å². The molecular weight excluding hydrogens is 877 g/mol. The average Bonchev–Trinajstić information content (AvgIpc) is 4.00. The van der Waals surface area contributed by atoms with Crippen LogP contribution in [0, 0.1) is 28.6 Å². The fourth-order valence-electron chi connectivity index (χ4n) is 12.0. The van der Waals surface area contributed by atoms with E-state index >= 15 is 9.59 Å². The Labute approximate surface area is 394 Å². The largest absolute Gasteiger partial charge is 0.455 e. The number of aliphatic hydroxyl groups is 1. The molecule has 15 nitrogen and oxygen atoms in total. The molecule has 2 amide bonds. The van der Waals surface area contributed by atoms with Crippen molar-refractivity contribution in [2.24, 2.45) is 28.6 Å². The molecule has 2 bridgehead atoms. The Morgan fingerprint density at radius 2 is 1.52 bits per heavy atom. The van der Waals surface area contributed by atoms with Crippen LogP contribution in [0.3, 0.4) is 0 Å². The van der Waals surface area contributed by atoms with Crippen LogP contribution in [0.5, 0.6) is 0 Å². The van der Waals surface area contributed by atoms with Crippen molar-refractivity contribution in [2.75, 3.05) is 6.61 Å². The fraction of sp³-hybridized carbons (Fsp3) is 0.608. The van der Waals surface area contributed by atoms with Gasteiger partial charge in [-0.25, -0.2) is 14.4 Å². The summed E-state index contributed by atoms with van der Waals surface area (Å²) in [6.45, 7) is 19.0. The smallest absolute Gasteiger partial charge is 0.341 e. The number of ketones is 1. The second kappa shape index (κ2) is 18.2. The van der Waals surface area contributed by atoms with Gasteiger partial charge in [0.05, 0.1) is 24.1 Å². The number of ether oxygens (including phenoxy) is 5. The molecule has 1 heterocycles. The normalized spacial score (nSPS) is 31.4. The lowest BCUT2D eigenvalue weighted by molar-refractivity contribution is -0.326. The molecule has 1 spiro atoms. The number of carbonyl (C=O) groups is 6. The molecule has 0 radical (unpaired) electrons. The number of urea groups is 1. The Bertz CT molecular complexity index is 2280. The van der Waals surface area contributed by atoms with Gasteiger partial charge in [0.15, 0.2) is 31.9 Å². The molecule has 2 aromatic rings. The van der Waals surface area contributed by atoms with Gasteiger partial charge in [-0.15, -0.1) is 0 Å². The molecule has 67 heavy (non-hydrogen) atoms. The highest BCUT2D eigenvalue weighted by Crippen LogP contribution is 2.75. The van der Waals surface area contributed by atoms with Crippen LogP contribution >= 0.6 is 0 Å². The first-order chi connectivity index (χ1) is 31.4. The number of amides is 2. The summed E-state index contributed by atoms with van der Waals surface area (Å²) in [5.74, 6) is -6.27. The van der Waals surface area contributed by atoms with Gasteiger partial charge in [0.25, 0.3) is 0 Å². The summed E-state index contributed by atoms with van der Waals surface area (Å²) in [6, 6.07) is 17.6. The van der Waals surface area contributed by atoms with Gasteiger partial charge < -0.3 is 43.9 Å². The van der Waals surface area contributed by atoms with Gasteiger partial charge in [0.1, 0.15) is 23.6 Å². The zero-order chi connectivity index (χ0) is 49.1. The Balaban J connectivity index is 1.42. The number of carbonyl (C=O) groups excluding carboxylic acids is 6. The lowest BCUT2D eigenvalue weighted by atomic mass is 9.47.